The Hall–Kier alpha value is -2.05. The molecule has 1 atom stereocenters. The molecule has 3 amide bonds. The van der Waals surface area contributed by atoms with Crippen molar-refractivity contribution in [2.45, 2.75) is 37.4 Å². The predicted octanol–water partition coefficient (Wildman–Crippen LogP) is 2.27. The van der Waals surface area contributed by atoms with Crippen LogP contribution >= 0.6 is 11.6 Å². The molecule has 0 aliphatic carbocycles. The first-order chi connectivity index (χ1) is 14.2. The first-order valence-electron chi connectivity index (χ1n) is 9.45. The molecule has 0 bridgehead atoms. The van der Waals surface area contributed by atoms with E-state index in [9.17, 15) is 31.2 Å². The molecule has 1 aliphatic heterocycles. The number of benzene rings is 1. The van der Waals surface area contributed by atoms with Crippen molar-refractivity contribution in [2.24, 2.45) is 11.7 Å². The number of rotatable bonds is 6. The molecule has 1 unspecified atom stereocenters. The SMILES string of the molecule is CC(C)CC(NC(N)=O)C(=O)N1CCN(S(=O)(=O)c2cc(C(F)(F)F)ccc2Cl)CC1. The van der Waals surface area contributed by atoms with Crippen LogP contribution < -0.4 is 11.1 Å². The second kappa shape index (κ2) is 9.61. The average Bonchev–Trinajstić information content (AvgIpc) is 2.65. The largest absolute Gasteiger partial charge is 0.416 e. The highest BCUT2D eigenvalue weighted by Gasteiger charge is 2.36. The van der Waals surface area contributed by atoms with Gasteiger partial charge in [-0.2, -0.15) is 17.5 Å². The number of hydrogen-bond donors (Lipinski definition) is 2. The lowest BCUT2D eigenvalue weighted by Crippen LogP contribution is -2.56. The monoisotopic (exact) mass is 484 g/mol. The molecular weight excluding hydrogens is 461 g/mol. The van der Waals surface area contributed by atoms with Crippen LogP contribution in [0.25, 0.3) is 0 Å². The molecule has 0 saturated carbocycles. The van der Waals surface area contributed by atoms with Gasteiger partial charge in [-0.15, -0.1) is 0 Å². The van der Waals surface area contributed by atoms with E-state index in [2.05, 4.69) is 5.32 Å². The highest BCUT2D eigenvalue weighted by Crippen LogP contribution is 2.34. The van der Waals surface area contributed by atoms with Gasteiger partial charge in [0.2, 0.25) is 15.9 Å². The number of halogens is 4. The average molecular weight is 485 g/mol. The standard InChI is InChI=1S/C18H24ClF3N4O4S/c1-11(2)9-14(24-17(23)28)16(27)25-5-7-26(8-6-25)31(29,30)15-10-12(18(20,21)22)3-4-13(15)19/h3-4,10-11,14H,5-9H2,1-2H3,(H3,23,24,28). The topological polar surface area (TPSA) is 113 Å². The molecule has 1 aromatic carbocycles. The molecule has 13 heteroatoms. The zero-order valence-corrected chi connectivity index (χ0v) is 18.5. The van der Waals surface area contributed by atoms with E-state index in [4.69, 9.17) is 17.3 Å². The number of nitrogens with zero attached hydrogens (tertiary/aromatic N) is 2. The fraction of sp³-hybridized carbons (Fsp3) is 0.556. The van der Waals surface area contributed by atoms with Crippen LogP contribution in [-0.2, 0) is 21.0 Å². The number of nitrogens with one attached hydrogen (secondary N) is 1. The smallest absolute Gasteiger partial charge is 0.352 e. The van der Waals surface area contributed by atoms with Crippen molar-refractivity contribution >= 4 is 33.6 Å². The van der Waals surface area contributed by atoms with Gasteiger partial charge in [-0.05, 0) is 30.5 Å². The number of primary amides is 1. The summed E-state index contributed by atoms with van der Waals surface area (Å²) in [6, 6.07) is 0.407. The van der Waals surface area contributed by atoms with Crippen molar-refractivity contribution in [1.29, 1.82) is 0 Å². The second-order valence-corrected chi connectivity index (χ2v) is 9.88. The van der Waals surface area contributed by atoms with Gasteiger partial charge in [0.25, 0.3) is 0 Å². The van der Waals surface area contributed by atoms with Crippen LogP contribution in [0, 0.1) is 5.92 Å². The maximum atomic E-state index is 13.0. The number of nitrogens with two attached hydrogens (primary N) is 1. The number of sulfonamides is 1. The van der Waals surface area contributed by atoms with E-state index in [1.54, 1.807) is 0 Å². The van der Waals surface area contributed by atoms with Crippen molar-refractivity contribution in [2.75, 3.05) is 26.2 Å². The van der Waals surface area contributed by atoms with E-state index in [1.807, 2.05) is 13.8 Å². The van der Waals surface area contributed by atoms with Crippen molar-refractivity contribution in [3.8, 4) is 0 Å². The molecule has 3 N–H and O–H groups in total. The Labute approximate surface area is 183 Å². The molecule has 1 saturated heterocycles. The molecule has 0 spiro atoms. The van der Waals surface area contributed by atoms with Gasteiger partial charge in [0.1, 0.15) is 10.9 Å². The van der Waals surface area contributed by atoms with Crippen molar-refractivity contribution in [3.63, 3.8) is 0 Å². The Kier molecular flexibility index (Phi) is 7.82. The van der Waals surface area contributed by atoms with Gasteiger partial charge in [0.05, 0.1) is 10.6 Å². The first kappa shape index (κ1) is 25.2. The maximum Gasteiger partial charge on any atom is 0.416 e. The Morgan fingerprint density at radius 2 is 1.77 bits per heavy atom. The summed E-state index contributed by atoms with van der Waals surface area (Å²) >= 11 is 5.88. The van der Waals surface area contributed by atoms with Crippen LogP contribution in [0.4, 0.5) is 18.0 Å². The van der Waals surface area contributed by atoms with Gasteiger partial charge >= 0.3 is 12.2 Å². The van der Waals surface area contributed by atoms with Gasteiger partial charge in [-0.25, -0.2) is 13.2 Å². The molecule has 1 fully saturated rings. The Balaban J connectivity index is 2.16. The van der Waals surface area contributed by atoms with Crippen LogP contribution in [0.15, 0.2) is 23.1 Å². The summed E-state index contributed by atoms with van der Waals surface area (Å²) in [6.07, 6.45) is -4.38. The van der Waals surface area contributed by atoms with Crippen LogP contribution in [0.3, 0.4) is 0 Å². The minimum Gasteiger partial charge on any atom is -0.352 e. The molecule has 1 aliphatic rings. The Bertz CT molecular complexity index is 932. The molecule has 1 aromatic rings. The van der Waals surface area contributed by atoms with Crippen molar-refractivity contribution in [3.05, 3.63) is 28.8 Å². The summed E-state index contributed by atoms with van der Waals surface area (Å²) < 4.78 is 65.7. The van der Waals surface area contributed by atoms with E-state index >= 15 is 0 Å². The third-order valence-electron chi connectivity index (χ3n) is 4.75. The quantitative estimate of drug-likeness (QED) is 0.644. The Morgan fingerprint density at radius 3 is 2.26 bits per heavy atom. The van der Waals surface area contributed by atoms with Crippen LogP contribution in [0.1, 0.15) is 25.8 Å². The number of hydrogen-bond acceptors (Lipinski definition) is 4. The lowest BCUT2D eigenvalue weighted by molar-refractivity contribution is -0.138. The van der Waals surface area contributed by atoms with E-state index < -0.39 is 44.6 Å². The maximum absolute atomic E-state index is 13.0. The summed E-state index contributed by atoms with van der Waals surface area (Å²) in [4.78, 5) is 24.7. The zero-order valence-electron chi connectivity index (χ0n) is 16.9. The number of piperazine rings is 1. The van der Waals surface area contributed by atoms with Crippen LogP contribution in [0.2, 0.25) is 5.02 Å². The zero-order chi connectivity index (χ0) is 23.6. The molecule has 8 nitrogen and oxygen atoms in total. The normalized spacial score (nSPS) is 16.9. The summed E-state index contributed by atoms with van der Waals surface area (Å²) in [5.74, 6) is -0.313. The predicted molar refractivity (Wildman–Crippen MR) is 108 cm³/mol. The molecule has 2 rings (SSSR count). The number of urea groups is 1. The summed E-state index contributed by atoms with van der Waals surface area (Å²) in [6.45, 7) is 3.48. The first-order valence-corrected chi connectivity index (χ1v) is 11.3. The highest BCUT2D eigenvalue weighted by molar-refractivity contribution is 7.89. The summed E-state index contributed by atoms with van der Waals surface area (Å²) in [7, 11) is -4.31. The van der Waals surface area contributed by atoms with Gasteiger partial charge in [-0.1, -0.05) is 25.4 Å². The van der Waals surface area contributed by atoms with E-state index in [0.29, 0.717) is 18.6 Å². The van der Waals surface area contributed by atoms with Crippen LogP contribution in [0.5, 0.6) is 0 Å². The minimum absolute atomic E-state index is 0.00365. The third kappa shape index (κ3) is 6.23. The number of carbonyl (C=O) groups is 2. The number of amides is 3. The summed E-state index contributed by atoms with van der Waals surface area (Å²) in [5.41, 5.74) is 4.01. The fourth-order valence-corrected chi connectivity index (χ4v) is 5.17. The van der Waals surface area contributed by atoms with Crippen molar-refractivity contribution in [1.82, 2.24) is 14.5 Å². The van der Waals surface area contributed by atoms with Gasteiger partial charge in [0.15, 0.2) is 0 Å². The highest BCUT2D eigenvalue weighted by atomic mass is 35.5. The lowest BCUT2D eigenvalue weighted by Gasteiger charge is -2.36. The fourth-order valence-electron chi connectivity index (χ4n) is 3.25. The van der Waals surface area contributed by atoms with Crippen LogP contribution in [-0.4, -0.2) is 61.8 Å². The molecule has 0 radical (unpaired) electrons. The molecule has 0 aromatic heterocycles. The van der Waals surface area contributed by atoms with E-state index in [0.717, 1.165) is 10.4 Å². The van der Waals surface area contributed by atoms with Crippen molar-refractivity contribution < 1.29 is 31.2 Å². The number of alkyl halides is 3. The van der Waals surface area contributed by atoms with Gasteiger partial charge in [0, 0.05) is 26.2 Å². The number of carbonyl (C=O) groups excluding carboxylic acids is 2. The molecule has 1 heterocycles. The minimum atomic E-state index is -4.72. The van der Waals surface area contributed by atoms with Gasteiger partial charge in [-0.3, -0.25) is 4.79 Å². The summed E-state index contributed by atoms with van der Waals surface area (Å²) in [5, 5.41) is 2.07. The molecular formula is C18H24ClF3N4O4S. The van der Waals surface area contributed by atoms with E-state index in [1.165, 1.54) is 4.90 Å². The molecule has 174 valence electrons. The Morgan fingerprint density at radius 1 is 1.19 bits per heavy atom. The molecule has 31 heavy (non-hydrogen) atoms. The van der Waals surface area contributed by atoms with Gasteiger partial charge < -0.3 is 16.0 Å². The van der Waals surface area contributed by atoms with E-state index in [-0.39, 0.29) is 37.1 Å². The lowest BCUT2D eigenvalue weighted by atomic mass is 10.0. The second-order valence-electron chi connectivity index (χ2n) is 7.56. The third-order valence-corrected chi connectivity index (χ3v) is 7.13.